The summed E-state index contributed by atoms with van der Waals surface area (Å²) in [4.78, 5) is 12.3. The average Bonchev–Trinajstić information content (AvgIpc) is 2.90. The summed E-state index contributed by atoms with van der Waals surface area (Å²) in [6, 6.07) is 7.55. The summed E-state index contributed by atoms with van der Waals surface area (Å²) in [5.41, 5.74) is 2.57. The normalized spacial score (nSPS) is 23.7. The number of hydrogen-bond donors (Lipinski definition) is 0. The molecule has 0 radical (unpaired) electrons. The van der Waals surface area contributed by atoms with Crippen molar-refractivity contribution >= 4 is 11.5 Å². The molecule has 0 spiro atoms. The number of carbonyl (C=O) groups is 1. The number of hydrogen-bond acceptors (Lipinski definition) is 4. The molecule has 23 heavy (non-hydrogen) atoms. The van der Waals surface area contributed by atoms with E-state index in [9.17, 15) is 4.79 Å². The van der Waals surface area contributed by atoms with Crippen molar-refractivity contribution in [3.8, 4) is 5.75 Å². The maximum absolute atomic E-state index is 12.3. The number of rotatable bonds is 6. The molecule has 1 aromatic carbocycles. The first-order chi connectivity index (χ1) is 11.2. The summed E-state index contributed by atoms with van der Waals surface area (Å²) in [5, 5.41) is 0. The first kappa shape index (κ1) is 16.1. The first-order valence-electron chi connectivity index (χ1n) is 8.43. The van der Waals surface area contributed by atoms with Crippen LogP contribution in [0.25, 0.3) is 5.57 Å². The Morgan fingerprint density at radius 3 is 2.70 bits per heavy atom. The van der Waals surface area contributed by atoms with E-state index >= 15 is 0 Å². The van der Waals surface area contributed by atoms with E-state index in [1.165, 1.54) is 19.3 Å². The molecule has 1 aromatic rings. The lowest BCUT2D eigenvalue weighted by Crippen LogP contribution is -2.27. The van der Waals surface area contributed by atoms with E-state index in [-0.39, 0.29) is 5.97 Å². The van der Waals surface area contributed by atoms with Gasteiger partial charge in [-0.2, -0.15) is 0 Å². The summed E-state index contributed by atoms with van der Waals surface area (Å²) < 4.78 is 16.4. The molecule has 0 saturated carbocycles. The zero-order chi connectivity index (χ0) is 16.2. The SMILES string of the molecule is CCCCC[C@H]1COC2OC(=O)C(c3ccc(OC)cc3)=C2C1. The maximum atomic E-state index is 12.3. The molecule has 0 amide bonds. The highest BCUT2D eigenvalue weighted by Crippen LogP contribution is 2.39. The van der Waals surface area contributed by atoms with Crippen molar-refractivity contribution in [3.05, 3.63) is 35.4 Å². The summed E-state index contributed by atoms with van der Waals surface area (Å²) in [6.45, 7) is 2.89. The molecule has 1 saturated heterocycles. The number of fused-ring (bicyclic) bond motifs is 1. The maximum Gasteiger partial charge on any atom is 0.341 e. The highest BCUT2D eigenvalue weighted by molar-refractivity contribution is 6.19. The van der Waals surface area contributed by atoms with Crippen LogP contribution in [0.3, 0.4) is 0 Å². The fourth-order valence-electron chi connectivity index (χ4n) is 3.33. The predicted octanol–water partition coefficient (Wildman–Crippen LogP) is 3.95. The van der Waals surface area contributed by atoms with Crippen LogP contribution in [0.5, 0.6) is 5.75 Å². The van der Waals surface area contributed by atoms with Gasteiger partial charge in [0, 0.05) is 5.57 Å². The Bertz CT molecular complexity index is 588. The van der Waals surface area contributed by atoms with Crippen LogP contribution in [0.15, 0.2) is 29.8 Å². The van der Waals surface area contributed by atoms with Crippen molar-refractivity contribution in [1.82, 2.24) is 0 Å². The highest BCUT2D eigenvalue weighted by Gasteiger charge is 2.39. The van der Waals surface area contributed by atoms with Gasteiger partial charge in [-0.3, -0.25) is 0 Å². The standard InChI is InChI=1S/C19H24O4/c1-3-4-5-6-13-11-16-17(18(20)23-19(16)22-12-13)14-7-9-15(21-2)10-8-14/h7-10,13,19H,3-6,11-12H2,1-2H3/t13-,19?/m1/s1. The highest BCUT2D eigenvalue weighted by atomic mass is 16.7. The third kappa shape index (κ3) is 3.42. The number of unbranched alkanes of at least 4 members (excludes halogenated alkanes) is 2. The lowest BCUT2D eigenvalue weighted by atomic mass is 9.88. The number of esters is 1. The Morgan fingerprint density at radius 2 is 2.00 bits per heavy atom. The van der Waals surface area contributed by atoms with Gasteiger partial charge in [0.1, 0.15) is 5.75 Å². The molecule has 2 aliphatic heterocycles. The summed E-state index contributed by atoms with van der Waals surface area (Å²) in [5.74, 6) is 0.986. The van der Waals surface area contributed by atoms with Gasteiger partial charge in [-0.1, -0.05) is 38.3 Å². The minimum absolute atomic E-state index is 0.274. The van der Waals surface area contributed by atoms with Gasteiger partial charge in [0.25, 0.3) is 0 Å². The molecule has 2 atom stereocenters. The van der Waals surface area contributed by atoms with E-state index in [4.69, 9.17) is 14.2 Å². The topological polar surface area (TPSA) is 44.8 Å². The fourth-order valence-corrected chi connectivity index (χ4v) is 3.33. The average molecular weight is 316 g/mol. The van der Waals surface area contributed by atoms with Gasteiger partial charge in [-0.15, -0.1) is 0 Å². The molecular formula is C19H24O4. The number of carbonyl (C=O) groups excluding carboxylic acids is 1. The Hall–Kier alpha value is -1.81. The minimum Gasteiger partial charge on any atom is -0.497 e. The second-order valence-electron chi connectivity index (χ2n) is 6.27. The molecular weight excluding hydrogens is 292 g/mol. The van der Waals surface area contributed by atoms with Crippen LogP contribution in [0.4, 0.5) is 0 Å². The molecule has 0 N–H and O–H groups in total. The zero-order valence-corrected chi connectivity index (χ0v) is 13.8. The zero-order valence-electron chi connectivity index (χ0n) is 13.8. The summed E-state index contributed by atoms with van der Waals surface area (Å²) in [6.07, 6.45) is 5.24. The van der Waals surface area contributed by atoms with Crippen molar-refractivity contribution in [3.63, 3.8) is 0 Å². The molecule has 1 fully saturated rings. The van der Waals surface area contributed by atoms with Gasteiger partial charge >= 0.3 is 5.97 Å². The Labute approximate surface area is 137 Å². The molecule has 0 aromatic heterocycles. The van der Waals surface area contributed by atoms with Gasteiger partial charge in [0.15, 0.2) is 0 Å². The van der Waals surface area contributed by atoms with Crippen LogP contribution in [0.1, 0.15) is 44.6 Å². The molecule has 4 nitrogen and oxygen atoms in total. The van der Waals surface area contributed by atoms with Gasteiger partial charge < -0.3 is 14.2 Å². The molecule has 2 aliphatic rings. The molecule has 0 aliphatic carbocycles. The van der Waals surface area contributed by atoms with Crippen LogP contribution in [0.2, 0.25) is 0 Å². The van der Waals surface area contributed by atoms with Gasteiger partial charge in [-0.25, -0.2) is 4.79 Å². The van der Waals surface area contributed by atoms with Crippen molar-refractivity contribution < 1.29 is 19.0 Å². The monoisotopic (exact) mass is 316 g/mol. The number of ether oxygens (including phenoxy) is 3. The third-order valence-corrected chi connectivity index (χ3v) is 4.61. The second-order valence-corrected chi connectivity index (χ2v) is 6.27. The molecule has 124 valence electrons. The van der Waals surface area contributed by atoms with E-state index in [1.807, 2.05) is 24.3 Å². The van der Waals surface area contributed by atoms with Gasteiger partial charge in [-0.05, 0) is 36.5 Å². The van der Waals surface area contributed by atoms with Gasteiger partial charge in [0.2, 0.25) is 6.29 Å². The summed E-state index contributed by atoms with van der Waals surface area (Å²) in [7, 11) is 1.63. The van der Waals surface area contributed by atoms with Crippen molar-refractivity contribution in [1.29, 1.82) is 0 Å². The molecule has 0 bridgehead atoms. The Kier molecular flexibility index (Phi) is 5.01. The van der Waals surface area contributed by atoms with Gasteiger partial charge in [0.05, 0.1) is 19.3 Å². The third-order valence-electron chi connectivity index (χ3n) is 4.61. The smallest absolute Gasteiger partial charge is 0.341 e. The largest absolute Gasteiger partial charge is 0.497 e. The first-order valence-corrected chi connectivity index (χ1v) is 8.43. The van der Waals surface area contributed by atoms with Crippen molar-refractivity contribution in [2.75, 3.05) is 13.7 Å². The van der Waals surface area contributed by atoms with E-state index < -0.39 is 6.29 Å². The molecule has 2 heterocycles. The Balaban J connectivity index is 1.80. The van der Waals surface area contributed by atoms with E-state index in [2.05, 4.69) is 6.92 Å². The van der Waals surface area contributed by atoms with Crippen molar-refractivity contribution in [2.24, 2.45) is 5.92 Å². The van der Waals surface area contributed by atoms with E-state index in [0.29, 0.717) is 18.1 Å². The fraction of sp³-hybridized carbons (Fsp3) is 0.526. The van der Waals surface area contributed by atoms with E-state index in [0.717, 1.165) is 29.7 Å². The van der Waals surface area contributed by atoms with E-state index in [1.54, 1.807) is 7.11 Å². The van der Waals surface area contributed by atoms with Crippen LogP contribution in [-0.4, -0.2) is 26.0 Å². The minimum atomic E-state index is -0.484. The van der Waals surface area contributed by atoms with Crippen LogP contribution < -0.4 is 4.74 Å². The van der Waals surface area contributed by atoms with Crippen LogP contribution in [-0.2, 0) is 14.3 Å². The molecule has 3 rings (SSSR count). The molecule has 4 heteroatoms. The lowest BCUT2D eigenvalue weighted by molar-refractivity contribution is -0.165. The summed E-state index contributed by atoms with van der Waals surface area (Å²) >= 11 is 0. The molecule has 1 unspecified atom stereocenters. The van der Waals surface area contributed by atoms with Crippen LogP contribution in [0, 0.1) is 5.92 Å². The predicted molar refractivity (Wildman–Crippen MR) is 88.0 cm³/mol. The van der Waals surface area contributed by atoms with Crippen molar-refractivity contribution in [2.45, 2.75) is 45.3 Å². The second kappa shape index (κ2) is 7.18. The number of benzene rings is 1. The number of methoxy groups -OCH3 is 1. The van der Waals surface area contributed by atoms with Crippen LogP contribution >= 0.6 is 0 Å². The quantitative estimate of drug-likeness (QED) is 0.589. The lowest BCUT2D eigenvalue weighted by Gasteiger charge is -2.27. The Morgan fingerprint density at radius 1 is 1.22 bits per heavy atom.